The Kier molecular flexibility index (Phi) is 5.85. The minimum absolute atomic E-state index is 0.0144. The molecule has 1 saturated carbocycles. The summed E-state index contributed by atoms with van der Waals surface area (Å²) in [6, 6.07) is 5.42. The summed E-state index contributed by atoms with van der Waals surface area (Å²) in [6.45, 7) is 2.17. The van der Waals surface area contributed by atoms with Gasteiger partial charge in [0, 0.05) is 31.7 Å². The molecular formula is C20H22ClNO5. The third-order valence-electron chi connectivity index (χ3n) is 4.96. The molecule has 1 aliphatic heterocycles. The summed E-state index contributed by atoms with van der Waals surface area (Å²) in [5.74, 6) is -0.180. The standard InChI is InChI=1S/C20H22ClNO5/c1-2-15(23)20-16(24)9-13(10-17(20)25)12-4-5-18-14(8-12)22(7-3-6-21)19(26)11-27-18/h4-5,8,13,23H,2-3,6-7,9-11H2,1H3. The molecule has 2 aliphatic rings. The van der Waals surface area contributed by atoms with E-state index in [2.05, 4.69) is 0 Å². The fourth-order valence-electron chi connectivity index (χ4n) is 3.55. The van der Waals surface area contributed by atoms with Gasteiger partial charge in [-0.2, -0.15) is 0 Å². The molecule has 1 fully saturated rings. The van der Waals surface area contributed by atoms with Crippen LogP contribution in [0.1, 0.15) is 44.1 Å². The van der Waals surface area contributed by atoms with Gasteiger partial charge in [0.2, 0.25) is 0 Å². The van der Waals surface area contributed by atoms with Gasteiger partial charge in [0.05, 0.1) is 11.3 Å². The molecule has 1 aromatic rings. The third-order valence-corrected chi connectivity index (χ3v) is 5.22. The first-order chi connectivity index (χ1) is 13.0. The number of nitrogens with zero attached hydrogens (tertiary/aromatic N) is 1. The van der Waals surface area contributed by atoms with Gasteiger partial charge in [-0.1, -0.05) is 13.0 Å². The molecule has 0 atom stereocenters. The van der Waals surface area contributed by atoms with Crippen molar-refractivity contribution in [2.75, 3.05) is 23.9 Å². The van der Waals surface area contributed by atoms with Crippen LogP contribution in [0.4, 0.5) is 5.69 Å². The molecule has 1 aromatic carbocycles. The van der Waals surface area contributed by atoms with E-state index in [1.165, 1.54) is 0 Å². The van der Waals surface area contributed by atoms with Crippen molar-refractivity contribution in [1.29, 1.82) is 0 Å². The van der Waals surface area contributed by atoms with Crippen LogP contribution >= 0.6 is 11.6 Å². The van der Waals surface area contributed by atoms with Crippen molar-refractivity contribution in [3.05, 3.63) is 35.1 Å². The quantitative estimate of drug-likeness (QED) is 0.360. The van der Waals surface area contributed by atoms with Crippen LogP contribution in [0.5, 0.6) is 5.75 Å². The molecule has 7 heteroatoms. The lowest BCUT2D eigenvalue weighted by atomic mass is 9.79. The zero-order valence-corrected chi connectivity index (χ0v) is 15.9. The molecule has 1 aliphatic carbocycles. The van der Waals surface area contributed by atoms with E-state index in [9.17, 15) is 19.5 Å². The molecule has 6 nitrogen and oxygen atoms in total. The Morgan fingerprint density at radius 2 is 1.96 bits per heavy atom. The van der Waals surface area contributed by atoms with E-state index in [0.717, 1.165) is 5.56 Å². The number of benzene rings is 1. The summed E-state index contributed by atoms with van der Waals surface area (Å²) >= 11 is 5.76. The number of allylic oxidation sites excluding steroid dienone is 2. The Hall–Kier alpha value is -2.34. The van der Waals surface area contributed by atoms with E-state index in [1.54, 1.807) is 17.9 Å². The molecule has 0 bridgehead atoms. The Bertz CT molecular complexity index is 797. The van der Waals surface area contributed by atoms with Crippen molar-refractivity contribution in [1.82, 2.24) is 0 Å². The number of hydrogen-bond donors (Lipinski definition) is 1. The van der Waals surface area contributed by atoms with Gasteiger partial charge in [-0.3, -0.25) is 14.4 Å². The SMILES string of the molecule is CCC(O)=C1C(=O)CC(c2ccc3c(c2)N(CCCCl)C(=O)CO3)CC1=O. The van der Waals surface area contributed by atoms with Crippen LogP contribution in [-0.4, -0.2) is 41.6 Å². The average Bonchev–Trinajstić information content (AvgIpc) is 2.66. The number of ketones is 2. The van der Waals surface area contributed by atoms with Gasteiger partial charge < -0.3 is 14.7 Å². The van der Waals surface area contributed by atoms with E-state index in [-0.39, 0.29) is 60.6 Å². The topological polar surface area (TPSA) is 83.9 Å². The minimum atomic E-state index is -0.334. The second kappa shape index (κ2) is 8.13. The number of anilines is 1. The van der Waals surface area contributed by atoms with Gasteiger partial charge in [0.1, 0.15) is 11.5 Å². The Balaban J connectivity index is 1.89. The van der Waals surface area contributed by atoms with Crippen LogP contribution in [0.3, 0.4) is 0 Å². The predicted molar refractivity (Wildman–Crippen MR) is 102 cm³/mol. The number of alkyl halides is 1. The molecule has 0 spiro atoms. The summed E-state index contributed by atoms with van der Waals surface area (Å²) in [4.78, 5) is 38.7. The second-order valence-electron chi connectivity index (χ2n) is 6.73. The maximum atomic E-state index is 12.4. The van der Waals surface area contributed by atoms with Gasteiger partial charge in [-0.15, -0.1) is 11.6 Å². The minimum Gasteiger partial charge on any atom is -0.511 e. The number of carbonyl (C=O) groups excluding carboxylic acids is 3. The van der Waals surface area contributed by atoms with Gasteiger partial charge in [0.15, 0.2) is 18.2 Å². The number of halogens is 1. The lowest BCUT2D eigenvalue weighted by molar-refractivity contribution is -0.125. The number of aliphatic hydroxyl groups excluding tert-OH is 1. The average molecular weight is 392 g/mol. The summed E-state index contributed by atoms with van der Waals surface area (Å²) in [5.41, 5.74) is 1.39. The smallest absolute Gasteiger partial charge is 0.265 e. The molecule has 0 unspecified atom stereocenters. The lowest BCUT2D eigenvalue weighted by Gasteiger charge is -2.31. The molecule has 144 valence electrons. The van der Waals surface area contributed by atoms with E-state index in [1.807, 2.05) is 12.1 Å². The van der Waals surface area contributed by atoms with E-state index >= 15 is 0 Å². The van der Waals surface area contributed by atoms with Crippen LogP contribution < -0.4 is 9.64 Å². The van der Waals surface area contributed by atoms with E-state index < -0.39 is 0 Å². The summed E-state index contributed by atoms with van der Waals surface area (Å²) < 4.78 is 5.50. The Morgan fingerprint density at radius 1 is 1.26 bits per heavy atom. The van der Waals surface area contributed by atoms with Crippen molar-refractivity contribution in [3.8, 4) is 5.75 Å². The largest absolute Gasteiger partial charge is 0.511 e. The zero-order valence-electron chi connectivity index (χ0n) is 15.2. The Labute approximate surface area is 162 Å². The molecule has 0 radical (unpaired) electrons. The van der Waals surface area contributed by atoms with Crippen molar-refractivity contribution >= 4 is 34.8 Å². The van der Waals surface area contributed by atoms with Crippen molar-refractivity contribution < 1.29 is 24.2 Å². The van der Waals surface area contributed by atoms with Crippen LogP contribution in [0, 0.1) is 0 Å². The first kappa shape index (κ1) is 19.4. The first-order valence-electron chi connectivity index (χ1n) is 9.07. The summed E-state index contributed by atoms with van der Waals surface area (Å²) in [7, 11) is 0. The molecule has 1 amide bonds. The Morgan fingerprint density at radius 3 is 2.59 bits per heavy atom. The molecule has 27 heavy (non-hydrogen) atoms. The highest BCUT2D eigenvalue weighted by atomic mass is 35.5. The molecule has 1 heterocycles. The highest BCUT2D eigenvalue weighted by molar-refractivity contribution is 6.22. The summed E-state index contributed by atoms with van der Waals surface area (Å²) in [6.07, 6.45) is 1.22. The van der Waals surface area contributed by atoms with Gasteiger partial charge >= 0.3 is 0 Å². The monoisotopic (exact) mass is 391 g/mol. The van der Waals surface area contributed by atoms with Crippen molar-refractivity contribution in [2.45, 2.75) is 38.5 Å². The predicted octanol–water partition coefficient (Wildman–Crippen LogP) is 3.28. The molecule has 0 saturated heterocycles. The van der Waals surface area contributed by atoms with E-state index in [0.29, 0.717) is 30.3 Å². The fraction of sp³-hybridized carbons (Fsp3) is 0.450. The third kappa shape index (κ3) is 3.86. The summed E-state index contributed by atoms with van der Waals surface area (Å²) in [5, 5.41) is 9.85. The molecule has 1 N–H and O–H groups in total. The number of Topliss-reactive ketones (excluding diaryl/α,β-unsaturated/α-hetero) is 2. The number of fused-ring (bicyclic) bond motifs is 1. The molecule has 0 aromatic heterocycles. The van der Waals surface area contributed by atoms with Crippen molar-refractivity contribution in [3.63, 3.8) is 0 Å². The highest BCUT2D eigenvalue weighted by Gasteiger charge is 2.34. The van der Waals surface area contributed by atoms with E-state index in [4.69, 9.17) is 16.3 Å². The molecule has 3 rings (SSSR count). The number of amides is 1. The van der Waals surface area contributed by atoms with Gasteiger partial charge in [-0.05, 0) is 30.0 Å². The van der Waals surface area contributed by atoms with Gasteiger partial charge in [-0.25, -0.2) is 0 Å². The molecular weight excluding hydrogens is 370 g/mol. The number of rotatable bonds is 5. The van der Waals surface area contributed by atoms with Crippen LogP contribution in [0.15, 0.2) is 29.5 Å². The zero-order chi connectivity index (χ0) is 19.6. The maximum Gasteiger partial charge on any atom is 0.265 e. The maximum absolute atomic E-state index is 12.4. The number of ether oxygens (including phenoxy) is 1. The lowest BCUT2D eigenvalue weighted by Crippen LogP contribution is -2.39. The highest BCUT2D eigenvalue weighted by Crippen LogP contribution is 2.39. The second-order valence-corrected chi connectivity index (χ2v) is 7.11. The van der Waals surface area contributed by atoms with Crippen molar-refractivity contribution in [2.24, 2.45) is 0 Å². The number of hydrogen-bond acceptors (Lipinski definition) is 5. The van der Waals surface area contributed by atoms with Crippen LogP contribution in [-0.2, 0) is 14.4 Å². The number of carbonyl (C=O) groups is 3. The normalized spacial score (nSPS) is 19.8. The fourth-order valence-corrected chi connectivity index (χ4v) is 3.67. The van der Waals surface area contributed by atoms with Gasteiger partial charge in [0.25, 0.3) is 5.91 Å². The number of aliphatic hydroxyl groups is 1. The van der Waals surface area contributed by atoms with Crippen LogP contribution in [0.25, 0.3) is 0 Å². The first-order valence-corrected chi connectivity index (χ1v) is 9.61. The van der Waals surface area contributed by atoms with Crippen LogP contribution in [0.2, 0.25) is 0 Å².